The number of rotatable bonds is 4. The third kappa shape index (κ3) is 6.76. The Morgan fingerprint density at radius 3 is 2.30 bits per heavy atom. The van der Waals surface area contributed by atoms with Crippen molar-refractivity contribution in [2.75, 3.05) is 44.3 Å². The molecule has 2 saturated heterocycles. The number of amides is 2. The molecule has 0 spiro atoms. The van der Waals surface area contributed by atoms with E-state index in [1.165, 1.54) is 0 Å². The van der Waals surface area contributed by atoms with Crippen molar-refractivity contribution in [3.05, 3.63) is 35.9 Å². The van der Waals surface area contributed by atoms with Gasteiger partial charge in [0.05, 0.1) is 13.2 Å². The number of carbonyl (C=O) groups excluding carboxylic acids is 2. The molecule has 0 bridgehead atoms. The van der Waals surface area contributed by atoms with Gasteiger partial charge in [-0.2, -0.15) is 0 Å². The minimum atomic E-state index is -0.478. The molecule has 2 aliphatic rings. The smallest absolute Gasteiger partial charge is 0.407 e. The number of ether oxygens (including phenoxy) is 2. The van der Waals surface area contributed by atoms with Gasteiger partial charge in [0.15, 0.2) is 0 Å². The van der Waals surface area contributed by atoms with Crippen molar-refractivity contribution in [1.82, 2.24) is 10.2 Å². The molecule has 2 fully saturated rings. The maximum Gasteiger partial charge on any atom is 0.407 e. The van der Waals surface area contributed by atoms with E-state index in [0.717, 1.165) is 37.2 Å². The highest BCUT2D eigenvalue weighted by atomic mass is 16.6. The first kappa shape index (κ1) is 22.2. The fourth-order valence-electron chi connectivity index (χ4n) is 3.61. The summed E-state index contributed by atoms with van der Waals surface area (Å²) in [6, 6.07) is 8.37. The molecule has 164 valence electrons. The Balaban J connectivity index is 1.46. The first-order valence-corrected chi connectivity index (χ1v) is 10.7. The molecule has 2 amide bonds. The molecular weight excluding hydrogens is 382 g/mol. The van der Waals surface area contributed by atoms with Gasteiger partial charge in [-0.05, 0) is 57.4 Å². The fraction of sp³-hybridized carbons (Fsp3) is 0.565. The third-order valence-electron chi connectivity index (χ3n) is 5.22. The second kappa shape index (κ2) is 9.98. The Labute approximate surface area is 179 Å². The number of benzene rings is 1. The van der Waals surface area contributed by atoms with Crippen LogP contribution in [0.3, 0.4) is 0 Å². The quantitative estimate of drug-likeness (QED) is 0.766. The second-order valence-electron chi connectivity index (χ2n) is 8.77. The summed E-state index contributed by atoms with van der Waals surface area (Å²) in [5.74, 6) is 0.0296. The summed E-state index contributed by atoms with van der Waals surface area (Å²) in [6.07, 6.45) is 4.92. The van der Waals surface area contributed by atoms with E-state index in [4.69, 9.17) is 9.47 Å². The molecule has 7 heteroatoms. The van der Waals surface area contributed by atoms with E-state index in [1.54, 1.807) is 6.08 Å². The monoisotopic (exact) mass is 415 g/mol. The Hall–Kier alpha value is -2.54. The first-order valence-electron chi connectivity index (χ1n) is 10.7. The van der Waals surface area contributed by atoms with Crippen LogP contribution in [-0.4, -0.2) is 67.9 Å². The van der Waals surface area contributed by atoms with Crippen LogP contribution < -0.4 is 10.2 Å². The molecule has 3 rings (SSSR count). The molecule has 7 nitrogen and oxygen atoms in total. The first-order chi connectivity index (χ1) is 14.3. The molecule has 1 aromatic rings. The van der Waals surface area contributed by atoms with Gasteiger partial charge in [-0.3, -0.25) is 4.79 Å². The van der Waals surface area contributed by atoms with Crippen molar-refractivity contribution in [3.8, 4) is 0 Å². The SMILES string of the molecule is CC(C)(C)OC(=O)NC1CCN(c2ccc(C=CC(=O)N3CCOCC3)cc2)CC1. The lowest BCUT2D eigenvalue weighted by Gasteiger charge is -2.34. The molecule has 30 heavy (non-hydrogen) atoms. The van der Waals surface area contributed by atoms with Crippen molar-refractivity contribution in [2.45, 2.75) is 45.3 Å². The van der Waals surface area contributed by atoms with Crippen LogP contribution in [0.1, 0.15) is 39.2 Å². The van der Waals surface area contributed by atoms with Crippen LogP contribution in [0.4, 0.5) is 10.5 Å². The summed E-state index contributed by atoms with van der Waals surface area (Å²) in [7, 11) is 0. The predicted octanol–water partition coefficient (Wildman–Crippen LogP) is 3.05. The van der Waals surface area contributed by atoms with E-state index in [-0.39, 0.29) is 18.0 Å². The number of morpholine rings is 1. The van der Waals surface area contributed by atoms with E-state index in [2.05, 4.69) is 22.3 Å². The van der Waals surface area contributed by atoms with Crippen LogP contribution in [0.2, 0.25) is 0 Å². The minimum absolute atomic E-state index is 0.0296. The van der Waals surface area contributed by atoms with Gasteiger partial charge in [0, 0.05) is 44.0 Å². The van der Waals surface area contributed by atoms with Crippen LogP contribution in [0, 0.1) is 0 Å². The summed E-state index contributed by atoms with van der Waals surface area (Å²) >= 11 is 0. The van der Waals surface area contributed by atoms with Crippen molar-refractivity contribution in [1.29, 1.82) is 0 Å². The number of alkyl carbamates (subject to hydrolysis) is 1. The molecule has 0 radical (unpaired) electrons. The Kier molecular flexibility index (Phi) is 7.37. The largest absolute Gasteiger partial charge is 0.444 e. The highest BCUT2D eigenvalue weighted by Crippen LogP contribution is 2.21. The normalized spacial score (nSPS) is 18.5. The van der Waals surface area contributed by atoms with E-state index in [1.807, 2.05) is 43.9 Å². The van der Waals surface area contributed by atoms with Crippen LogP contribution in [0.5, 0.6) is 0 Å². The molecule has 0 atom stereocenters. The number of nitrogens with one attached hydrogen (secondary N) is 1. The molecule has 0 aliphatic carbocycles. The van der Waals surface area contributed by atoms with Crippen molar-refractivity contribution in [2.24, 2.45) is 0 Å². The average Bonchev–Trinajstić information content (AvgIpc) is 2.72. The Bertz CT molecular complexity index is 741. The number of hydrogen-bond acceptors (Lipinski definition) is 5. The maximum absolute atomic E-state index is 12.2. The molecular formula is C23H33N3O4. The molecule has 2 heterocycles. The molecule has 2 aliphatic heterocycles. The maximum atomic E-state index is 12.2. The molecule has 1 N–H and O–H groups in total. The third-order valence-corrected chi connectivity index (χ3v) is 5.22. The van der Waals surface area contributed by atoms with Gasteiger partial charge in [0.1, 0.15) is 5.60 Å². The number of hydrogen-bond donors (Lipinski definition) is 1. The van der Waals surface area contributed by atoms with E-state index in [9.17, 15) is 9.59 Å². The molecule has 1 aromatic carbocycles. The second-order valence-corrected chi connectivity index (χ2v) is 8.77. The highest BCUT2D eigenvalue weighted by molar-refractivity contribution is 5.91. The van der Waals surface area contributed by atoms with Crippen LogP contribution in [0.25, 0.3) is 6.08 Å². The van der Waals surface area contributed by atoms with E-state index in [0.29, 0.717) is 26.3 Å². The summed E-state index contributed by atoms with van der Waals surface area (Å²) in [4.78, 5) is 28.3. The molecule has 0 saturated carbocycles. The van der Waals surface area contributed by atoms with Gasteiger partial charge in [-0.25, -0.2) is 4.79 Å². The summed E-state index contributed by atoms with van der Waals surface area (Å²) < 4.78 is 10.6. The minimum Gasteiger partial charge on any atom is -0.444 e. The number of piperidine rings is 1. The summed E-state index contributed by atoms with van der Waals surface area (Å²) in [5, 5.41) is 2.97. The van der Waals surface area contributed by atoms with Crippen LogP contribution in [-0.2, 0) is 14.3 Å². The van der Waals surface area contributed by atoms with Crippen molar-refractivity contribution < 1.29 is 19.1 Å². The highest BCUT2D eigenvalue weighted by Gasteiger charge is 2.23. The molecule has 0 unspecified atom stereocenters. The Morgan fingerprint density at radius 2 is 1.70 bits per heavy atom. The topological polar surface area (TPSA) is 71.1 Å². The van der Waals surface area contributed by atoms with E-state index < -0.39 is 5.60 Å². The lowest BCUT2D eigenvalue weighted by Crippen LogP contribution is -2.46. The van der Waals surface area contributed by atoms with Gasteiger partial charge < -0.3 is 24.6 Å². The van der Waals surface area contributed by atoms with Gasteiger partial charge in [0.25, 0.3) is 0 Å². The number of anilines is 1. The summed E-state index contributed by atoms with van der Waals surface area (Å²) in [6.45, 7) is 9.89. The lowest BCUT2D eigenvalue weighted by atomic mass is 10.0. The number of nitrogens with zero attached hydrogens (tertiary/aromatic N) is 2. The van der Waals surface area contributed by atoms with E-state index >= 15 is 0 Å². The fourth-order valence-corrected chi connectivity index (χ4v) is 3.61. The lowest BCUT2D eigenvalue weighted by molar-refractivity contribution is -0.129. The van der Waals surface area contributed by atoms with Gasteiger partial charge in [-0.15, -0.1) is 0 Å². The van der Waals surface area contributed by atoms with Gasteiger partial charge >= 0.3 is 6.09 Å². The Morgan fingerprint density at radius 1 is 1.07 bits per heavy atom. The van der Waals surface area contributed by atoms with Gasteiger partial charge in [-0.1, -0.05) is 12.1 Å². The van der Waals surface area contributed by atoms with Gasteiger partial charge in [0.2, 0.25) is 5.91 Å². The zero-order chi connectivity index (χ0) is 21.6. The zero-order valence-corrected chi connectivity index (χ0v) is 18.2. The standard InChI is InChI=1S/C23H33N3O4/c1-23(2,3)30-22(28)24-19-10-12-25(13-11-19)20-7-4-18(5-8-20)6-9-21(27)26-14-16-29-17-15-26/h4-9,19H,10-17H2,1-3H3,(H,24,28). The molecule has 0 aromatic heterocycles. The van der Waals surface area contributed by atoms with Crippen molar-refractivity contribution in [3.63, 3.8) is 0 Å². The predicted molar refractivity (Wildman–Crippen MR) is 117 cm³/mol. The van der Waals surface area contributed by atoms with Crippen LogP contribution >= 0.6 is 0 Å². The zero-order valence-electron chi connectivity index (χ0n) is 18.2. The summed E-state index contributed by atoms with van der Waals surface area (Å²) in [5.41, 5.74) is 1.68. The van der Waals surface area contributed by atoms with Crippen LogP contribution in [0.15, 0.2) is 30.3 Å². The number of carbonyl (C=O) groups is 2. The van der Waals surface area contributed by atoms with Crippen molar-refractivity contribution >= 4 is 23.8 Å². The average molecular weight is 416 g/mol.